The highest BCUT2D eigenvalue weighted by atomic mass is 19.1. The van der Waals surface area contributed by atoms with Crippen LogP contribution in [0, 0.1) is 5.82 Å². The van der Waals surface area contributed by atoms with Gasteiger partial charge in [-0.05, 0) is 30.5 Å². The molecular formula is C12H12FNO2. The second kappa shape index (κ2) is 4.43. The Hall–Kier alpha value is -1.71. The lowest BCUT2D eigenvalue weighted by Crippen LogP contribution is -2.16. The topological polar surface area (TPSA) is 38.7 Å². The summed E-state index contributed by atoms with van der Waals surface area (Å²) in [4.78, 5) is 15.5. The second-order valence-electron chi connectivity index (χ2n) is 3.66. The van der Waals surface area contributed by atoms with Crippen LogP contribution in [0.15, 0.2) is 29.3 Å². The highest BCUT2D eigenvalue weighted by molar-refractivity contribution is 6.03. The smallest absolute Gasteiger partial charge is 0.330 e. The maximum absolute atomic E-state index is 13.0. The minimum absolute atomic E-state index is 0.290. The van der Waals surface area contributed by atoms with Gasteiger partial charge >= 0.3 is 5.97 Å². The van der Waals surface area contributed by atoms with Gasteiger partial charge in [-0.25, -0.2) is 9.18 Å². The first kappa shape index (κ1) is 10.8. The van der Waals surface area contributed by atoms with Crippen molar-refractivity contribution in [3.8, 4) is 0 Å². The maximum atomic E-state index is 13.0. The molecule has 0 bridgehead atoms. The lowest BCUT2D eigenvalue weighted by molar-refractivity contribution is -0.141. The fourth-order valence-corrected chi connectivity index (χ4v) is 1.78. The van der Waals surface area contributed by atoms with Gasteiger partial charge in [-0.1, -0.05) is 12.1 Å². The van der Waals surface area contributed by atoms with E-state index in [0.717, 1.165) is 11.3 Å². The summed E-state index contributed by atoms with van der Waals surface area (Å²) in [6.45, 7) is 0. The van der Waals surface area contributed by atoms with Crippen molar-refractivity contribution >= 4 is 11.7 Å². The predicted octanol–water partition coefficient (Wildman–Crippen LogP) is 1.95. The number of ether oxygens (including phenoxy) is 1. The van der Waals surface area contributed by atoms with Crippen molar-refractivity contribution in [3.05, 3.63) is 35.6 Å². The molecule has 0 amide bonds. The summed E-state index contributed by atoms with van der Waals surface area (Å²) < 4.78 is 17.6. The van der Waals surface area contributed by atoms with Crippen LogP contribution in [0.3, 0.4) is 0 Å². The molecule has 1 heterocycles. The molecule has 2 rings (SSSR count). The van der Waals surface area contributed by atoms with E-state index in [1.165, 1.54) is 19.2 Å². The largest absolute Gasteiger partial charge is 0.467 e. The SMILES string of the molecule is COC(=O)[C@H]1CCC(c2cccc(F)c2)=N1. The summed E-state index contributed by atoms with van der Waals surface area (Å²) in [5, 5.41) is 0. The van der Waals surface area contributed by atoms with Crippen molar-refractivity contribution in [2.75, 3.05) is 7.11 Å². The summed E-state index contributed by atoms with van der Waals surface area (Å²) >= 11 is 0. The van der Waals surface area contributed by atoms with Crippen molar-refractivity contribution in [2.45, 2.75) is 18.9 Å². The van der Waals surface area contributed by atoms with Crippen molar-refractivity contribution < 1.29 is 13.9 Å². The molecule has 0 saturated carbocycles. The number of halogens is 1. The monoisotopic (exact) mass is 221 g/mol. The zero-order valence-corrected chi connectivity index (χ0v) is 8.94. The molecule has 0 aliphatic carbocycles. The van der Waals surface area contributed by atoms with Crippen molar-refractivity contribution in [3.63, 3.8) is 0 Å². The Morgan fingerprint density at radius 3 is 3.06 bits per heavy atom. The summed E-state index contributed by atoms with van der Waals surface area (Å²) in [5.74, 6) is -0.617. The standard InChI is InChI=1S/C12H12FNO2/c1-16-12(15)11-6-5-10(14-11)8-3-2-4-9(13)7-8/h2-4,7,11H,5-6H2,1H3/t11-/m1/s1. The predicted molar refractivity (Wildman–Crippen MR) is 58.0 cm³/mol. The van der Waals surface area contributed by atoms with Gasteiger partial charge in [0.2, 0.25) is 0 Å². The van der Waals surface area contributed by atoms with E-state index in [0.29, 0.717) is 12.8 Å². The third-order valence-electron chi connectivity index (χ3n) is 2.60. The quantitative estimate of drug-likeness (QED) is 0.716. The molecule has 84 valence electrons. The number of rotatable bonds is 2. The molecule has 0 spiro atoms. The molecule has 0 fully saturated rings. The zero-order valence-electron chi connectivity index (χ0n) is 8.94. The number of esters is 1. The molecule has 1 aromatic carbocycles. The third-order valence-corrected chi connectivity index (χ3v) is 2.60. The van der Waals surface area contributed by atoms with Crippen LogP contribution in [0.2, 0.25) is 0 Å². The molecule has 1 aliphatic heterocycles. The van der Waals surface area contributed by atoms with E-state index in [4.69, 9.17) is 0 Å². The second-order valence-corrected chi connectivity index (χ2v) is 3.66. The molecule has 0 aromatic heterocycles. The van der Waals surface area contributed by atoms with Gasteiger partial charge in [-0.3, -0.25) is 4.99 Å². The Morgan fingerprint density at radius 2 is 2.38 bits per heavy atom. The van der Waals surface area contributed by atoms with Crippen LogP contribution in [0.5, 0.6) is 0 Å². The minimum Gasteiger partial charge on any atom is -0.467 e. The molecule has 16 heavy (non-hydrogen) atoms. The number of carbonyl (C=O) groups excluding carboxylic acids is 1. The van der Waals surface area contributed by atoms with E-state index >= 15 is 0 Å². The fourth-order valence-electron chi connectivity index (χ4n) is 1.78. The van der Waals surface area contributed by atoms with Crippen molar-refractivity contribution in [2.24, 2.45) is 4.99 Å². The molecule has 0 saturated heterocycles. The lowest BCUT2D eigenvalue weighted by Gasteiger charge is -2.01. The van der Waals surface area contributed by atoms with Gasteiger partial charge in [0.25, 0.3) is 0 Å². The molecule has 1 aromatic rings. The Morgan fingerprint density at radius 1 is 1.56 bits per heavy atom. The van der Waals surface area contributed by atoms with Crippen LogP contribution in [0.1, 0.15) is 18.4 Å². The summed E-state index contributed by atoms with van der Waals surface area (Å²) in [5.41, 5.74) is 1.52. The number of nitrogens with zero attached hydrogens (tertiary/aromatic N) is 1. The number of methoxy groups -OCH3 is 1. The van der Waals surface area contributed by atoms with Gasteiger partial charge in [-0.2, -0.15) is 0 Å². The average molecular weight is 221 g/mol. The van der Waals surface area contributed by atoms with Gasteiger partial charge in [-0.15, -0.1) is 0 Å². The van der Waals surface area contributed by atoms with Gasteiger partial charge in [0.05, 0.1) is 7.11 Å². The van der Waals surface area contributed by atoms with Crippen LogP contribution in [-0.2, 0) is 9.53 Å². The average Bonchev–Trinajstić information content (AvgIpc) is 2.77. The van der Waals surface area contributed by atoms with E-state index < -0.39 is 6.04 Å². The lowest BCUT2D eigenvalue weighted by atomic mass is 10.1. The van der Waals surface area contributed by atoms with E-state index in [1.807, 2.05) is 0 Å². The number of aliphatic imine (C=N–C) groups is 1. The molecule has 1 aliphatic rings. The number of hydrogen-bond donors (Lipinski definition) is 0. The maximum Gasteiger partial charge on any atom is 0.330 e. The van der Waals surface area contributed by atoms with Gasteiger partial charge < -0.3 is 4.74 Å². The van der Waals surface area contributed by atoms with Crippen molar-refractivity contribution in [1.82, 2.24) is 0 Å². The molecule has 1 atom stereocenters. The molecule has 0 radical (unpaired) electrons. The first-order valence-electron chi connectivity index (χ1n) is 5.11. The molecule has 4 heteroatoms. The summed E-state index contributed by atoms with van der Waals surface area (Å²) in [6.07, 6.45) is 1.32. The number of hydrogen-bond acceptors (Lipinski definition) is 3. The molecule has 0 unspecified atom stereocenters. The van der Waals surface area contributed by atoms with Gasteiger partial charge in [0, 0.05) is 5.71 Å². The van der Waals surface area contributed by atoms with E-state index in [1.54, 1.807) is 12.1 Å². The van der Waals surface area contributed by atoms with Crippen LogP contribution in [0.25, 0.3) is 0 Å². The number of benzene rings is 1. The van der Waals surface area contributed by atoms with E-state index in [-0.39, 0.29) is 11.8 Å². The molecular weight excluding hydrogens is 209 g/mol. The zero-order chi connectivity index (χ0) is 11.5. The number of carbonyl (C=O) groups is 1. The van der Waals surface area contributed by atoms with Crippen LogP contribution < -0.4 is 0 Å². The minimum atomic E-state index is -0.428. The van der Waals surface area contributed by atoms with E-state index in [9.17, 15) is 9.18 Å². The van der Waals surface area contributed by atoms with Gasteiger partial charge in [0.15, 0.2) is 0 Å². The highest BCUT2D eigenvalue weighted by Gasteiger charge is 2.25. The highest BCUT2D eigenvalue weighted by Crippen LogP contribution is 2.19. The molecule has 0 N–H and O–H groups in total. The fraction of sp³-hybridized carbons (Fsp3) is 0.333. The van der Waals surface area contributed by atoms with Gasteiger partial charge in [0.1, 0.15) is 11.9 Å². The van der Waals surface area contributed by atoms with Crippen LogP contribution >= 0.6 is 0 Å². The van der Waals surface area contributed by atoms with Crippen molar-refractivity contribution in [1.29, 1.82) is 0 Å². The summed E-state index contributed by atoms with van der Waals surface area (Å²) in [7, 11) is 1.35. The van der Waals surface area contributed by atoms with Crippen LogP contribution in [0.4, 0.5) is 4.39 Å². The van der Waals surface area contributed by atoms with Crippen LogP contribution in [-0.4, -0.2) is 24.8 Å². The Kier molecular flexibility index (Phi) is 2.99. The third kappa shape index (κ3) is 2.10. The van der Waals surface area contributed by atoms with E-state index in [2.05, 4.69) is 9.73 Å². The molecule has 3 nitrogen and oxygen atoms in total. The Balaban J connectivity index is 2.21. The Bertz CT molecular complexity index is 442. The summed E-state index contributed by atoms with van der Waals surface area (Å²) in [6, 6.07) is 5.82. The first-order chi connectivity index (χ1) is 7.70. The Labute approximate surface area is 93.0 Å². The first-order valence-corrected chi connectivity index (χ1v) is 5.11. The normalized spacial score (nSPS) is 19.4.